The van der Waals surface area contributed by atoms with Gasteiger partial charge in [-0.1, -0.05) is 12.2 Å². The quantitative estimate of drug-likeness (QED) is 0.293. The van der Waals surface area contributed by atoms with E-state index >= 15 is 0 Å². The summed E-state index contributed by atoms with van der Waals surface area (Å²) in [7, 11) is 1.63. The molecule has 0 amide bonds. The van der Waals surface area contributed by atoms with Gasteiger partial charge < -0.3 is 15.7 Å². The van der Waals surface area contributed by atoms with Gasteiger partial charge in [-0.05, 0) is 31.9 Å². The highest BCUT2D eigenvalue weighted by Crippen LogP contribution is 2.28. The van der Waals surface area contributed by atoms with Crippen molar-refractivity contribution in [2.45, 2.75) is 31.9 Å². The van der Waals surface area contributed by atoms with Gasteiger partial charge in [-0.3, -0.25) is 24.3 Å². The Labute approximate surface area is 194 Å². The lowest BCUT2D eigenvalue weighted by atomic mass is 10.0. The summed E-state index contributed by atoms with van der Waals surface area (Å²) in [5.41, 5.74) is 7.35. The Morgan fingerprint density at radius 1 is 1.36 bits per heavy atom. The molecule has 1 atom stereocenters. The molecule has 4 heterocycles. The number of pyridine rings is 2. The highest BCUT2D eigenvalue weighted by molar-refractivity contribution is 7.80. The van der Waals surface area contributed by atoms with Crippen LogP contribution in [0.1, 0.15) is 31.5 Å². The number of aliphatic imine (C=N–C) groups is 1. The standard InChI is InChI=1S/C22H25N7O3S/c1-12(30)21(33)28-7-5-14(6-8-28)29-19-15(20(31)27-22(29)32)11-25-17-4-3-16(26-18(17)19)13(9-23)10-24-2/h3-4,9-12,14,30H,5-8,23H2,1-2H3,(H,27,31,32)/t12-/m0/s1. The molecule has 11 heteroatoms. The SMILES string of the molecule is CN=CC(=CN)c1ccc2ncc3c(=O)[nH]c(=O)n(C4CCN(C(=S)[C@H](C)O)CC4)c3c2n1. The Hall–Kier alpha value is -3.44. The third-order valence-electron chi connectivity index (χ3n) is 5.85. The van der Waals surface area contributed by atoms with Gasteiger partial charge in [0.15, 0.2) is 0 Å². The topological polar surface area (TPSA) is 142 Å². The van der Waals surface area contributed by atoms with Gasteiger partial charge in [0.05, 0.1) is 22.1 Å². The van der Waals surface area contributed by atoms with Crippen LogP contribution in [0.2, 0.25) is 0 Å². The lowest BCUT2D eigenvalue weighted by Gasteiger charge is -2.35. The molecule has 0 aliphatic carbocycles. The average Bonchev–Trinajstić information content (AvgIpc) is 2.82. The number of hydrogen-bond acceptors (Lipinski definition) is 8. The van der Waals surface area contributed by atoms with Crippen molar-refractivity contribution in [1.82, 2.24) is 24.4 Å². The number of rotatable bonds is 4. The van der Waals surface area contributed by atoms with E-state index in [-0.39, 0.29) is 11.4 Å². The zero-order valence-electron chi connectivity index (χ0n) is 18.4. The van der Waals surface area contributed by atoms with Crippen LogP contribution in [0.15, 0.2) is 39.1 Å². The monoisotopic (exact) mass is 467 g/mol. The summed E-state index contributed by atoms with van der Waals surface area (Å²) in [6.45, 7) is 2.83. The molecule has 0 bridgehead atoms. The third kappa shape index (κ3) is 4.16. The molecule has 4 N–H and O–H groups in total. The molecule has 0 saturated carbocycles. The molecule has 1 fully saturated rings. The Bertz CT molecular complexity index is 1400. The first kappa shape index (κ1) is 22.7. The first-order valence-corrected chi connectivity index (χ1v) is 11.0. The summed E-state index contributed by atoms with van der Waals surface area (Å²) in [5.74, 6) is 0. The van der Waals surface area contributed by atoms with Crippen molar-refractivity contribution in [2.24, 2.45) is 10.7 Å². The summed E-state index contributed by atoms with van der Waals surface area (Å²) in [6, 6.07) is 3.37. The van der Waals surface area contributed by atoms with Crippen LogP contribution in [-0.2, 0) is 0 Å². The van der Waals surface area contributed by atoms with Gasteiger partial charge in [0.2, 0.25) is 0 Å². The van der Waals surface area contributed by atoms with Crippen molar-refractivity contribution in [2.75, 3.05) is 20.1 Å². The summed E-state index contributed by atoms with van der Waals surface area (Å²) >= 11 is 5.32. The van der Waals surface area contributed by atoms with E-state index in [1.54, 1.807) is 36.9 Å². The van der Waals surface area contributed by atoms with Gasteiger partial charge >= 0.3 is 5.69 Å². The fraction of sp³-hybridized carbons (Fsp3) is 0.364. The normalized spacial score (nSPS) is 16.7. The minimum Gasteiger partial charge on any atom is -0.404 e. The van der Waals surface area contributed by atoms with E-state index in [4.69, 9.17) is 22.9 Å². The molecule has 1 saturated heterocycles. The van der Waals surface area contributed by atoms with Crippen molar-refractivity contribution in [3.63, 3.8) is 0 Å². The Morgan fingerprint density at radius 2 is 2.09 bits per heavy atom. The lowest BCUT2D eigenvalue weighted by Crippen LogP contribution is -2.44. The van der Waals surface area contributed by atoms with Crippen molar-refractivity contribution in [3.8, 4) is 0 Å². The van der Waals surface area contributed by atoms with Gasteiger partial charge in [-0.15, -0.1) is 0 Å². The molecule has 1 aliphatic heterocycles. The zero-order chi connectivity index (χ0) is 23.7. The number of piperidine rings is 1. The van der Waals surface area contributed by atoms with Gasteiger partial charge in [0.25, 0.3) is 5.56 Å². The van der Waals surface area contributed by atoms with E-state index in [9.17, 15) is 14.7 Å². The second-order valence-corrected chi connectivity index (χ2v) is 8.37. The first-order chi connectivity index (χ1) is 15.8. The molecule has 0 spiro atoms. The number of thiocarbonyl (C=S) groups is 1. The lowest BCUT2D eigenvalue weighted by molar-refractivity contribution is 0.215. The minimum absolute atomic E-state index is 0.178. The number of H-pyrrole nitrogens is 1. The summed E-state index contributed by atoms with van der Waals surface area (Å²) in [6.07, 6.45) is 5.00. The predicted molar refractivity (Wildman–Crippen MR) is 133 cm³/mol. The largest absolute Gasteiger partial charge is 0.404 e. The molecule has 33 heavy (non-hydrogen) atoms. The maximum Gasteiger partial charge on any atom is 0.329 e. The van der Waals surface area contributed by atoms with Crippen LogP contribution in [0.5, 0.6) is 0 Å². The van der Waals surface area contributed by atoms with E-state index in [2.05, 4.69) is 15.0 Å². The van der Waals surface area contributed by atoms with E-state index < -0.39 is 17.4 Å². The van der Waals surface area contributed by atoms with Crippen LogP contribution in [-0.4, -0.2) is 67.0 Å². The van der Waals surface area contributed by atoms with E-state index in [1.807, 2.05) is 4.90 Å². The number of likely N-dealkylation sites (tertiary alicyclic amines) is 1. The molecule has 4 rings (SSSR count). The number of aliphatic hydroxyl groups is 1. The number of hydrogen-bond donors (Lipinski definition) is 3. The van der Waals surface area contributed by atoms with Crippen LogP contribution in [0, 0.1) is 0 Å². The van der Waals surface area contributed by atoms with Crippen molar-refractivity contribution in [3.05, 3.63) is 51.1 Å². The predicted octanol–water partition coefficient (Wildman–Crippen LogP) is 0.978. The molecule has 10 nitrogen and oxygen atoms in total. The van der Waals surface area contributed by atoms with Crippen LogP contribution in [0.25, 0.3) is 27.5 Å². The minimum atomic E-state index is -0.706. The second kappa shape index (κ2) is 9.20. The number of aromatic nitrogens is 4. The Morgan fingerprint density at radius 3 is 2.73 bits per heavy atom. The maximum absolute atomic E-state index is 13.0. The molecule has 172 valence electrons. The van der Waals surface area contributed by atoms with Gasteiger partial charge in [0, 0.05) is 50.4 Å². The Balaban J connectivity index is 1.89. The number of nitrogens with one attached hydrogen (secondary N) is 1. The van der Waals surface area contributed by atoms with Crippen molar-refractivity contribution >= 4 is 50.9 Å². The Kier molecular flexibility index (Phi) is 6.34. The average molecular weight is 468 g/mol. The zero-order valence-corrected chi connectivity index (χ0v) is 19.2. The van der Waals surface area contributed by atoms with E-state index in [1.165, 1.54) is 12.4 Å². The van der Waals surface area contributed by atoms with Crippen LogP contribution < -0.4 is 17.0 Å². The summed E-state index contributed by atoms with van der Waals surface area (Å²) < 4.78 is 1.61. The second-order valence-electron chi connectivity index (χ2n) is 7.96. The van der Waals surface area contributed by atoms with Gasteiger partial charge in [-0.25, -0.2) is 9.78 Å². The number of nitrogens with zero attached hydrogens (tertiary/aromatic N) is 5. The number of allylic oxidation sites excluding steroid dienone is 1. The highest BCUT2D eigenvalue weighted by atomic mass is 32.1. The fourth-order valence-electron chi connectivity index (χ4n) is 4.24. The number of aromatic amines is 1. The summed E-state index contributed by atoms with van der Waals surface area (Å²) in [5, 5.41) is 10.1. The first-order valence-electron chi connectivity index (χ1n) is 10.6. The molecule has 0 unspecified atom stereocenters. The van der Waals surface area contributed by atoms with Crippen molar-refractivity contribution < 1.29 is 5.11 Å². The third-order valence-corrected chi connectivity index (χ3v) is 6.45. The summed E-state index contributed by atoms with van der Waals surface area (Å²) in [4.78, 5) is 43.6. The highest BCUT2D eigenvalue weighted by Gasteiger charge is 2.27. The van der Waals surface area contributed by atoms with E-state index in [0.29, 0.717) is 58.7 Å². The number of nitrogens with two attached hydrogens (primary N) is 1. The smallest absolute Gasteiger partial charge is 0.329 e. The maximum atomic E-state index is 13.0. The molecule has 0 radical (unpaired) electrons. The molecular formula is C22H25N7O3S. The molecular weight excluding hydrogens is 442 g/mol. The molecule has 0 aromatic carbocycles. The van der Waals surface area contributed by atoms with E-state index in [0.717, 1.165) is 0 Å². The number of aliphatic hydroxyl groups excluding tert-OH is 1. The fourth-order valence-corrected chi connectivity index (χ4v) is 4.42. The van der Waals surface area contributed by atoms with Crippen molar-refractivity contribution in [1.29, 1.82) is 0 Å². The molecule has 3 aromatic rings. The molecule has 1 aliphatic rings. The van der Waals surface area contributed by atoms with Crippen LogP contribution >= 0.6 is 12.2 Å². The van der Waals surface area contributed by atoms with Gasteiger partial charge in [0.1, 0.15) is 16.6 Å². The van der Waals surface area contributed by atoms with Crippen LogP contribution in [0.3, 0.4) is 0 Å². The molecule has 3 aromatic heterocycles. The van der Waals surface area contributed by atoms with Gasteiger partial charge in [-0.2, -0.15) is 0 Å². The number of fused-ring (bicyclic) bond motifs is 3. The van der Waals surface area contributed by atoms with Crippen LogP contribution in [0.4, 0.5) is 0 Å².